The molecule has 2 heterocycles. The number of carbonyl (C=O) groups is 1. The predicted molar refractivity (Wildman–Crippen MR) is 104 cm³/mol. The van der Waals surface area contributed by atoms with Gasteiger partial charge in [-0.2, -0.15) is 0 Å². The van der Waals surface area contributed by atoms with Gasteiger partial charge in [0.2, 0.25) is 5.91 Å². The molecular formula is C19H16Cl2N2OS. The van der Waals surface area contributed by atoms with Crippen LogP contribution in [-0.4, -0.2) is 10.9 Å². The lowest BCUT2D eigenvalue weighted by molar-refractivity contribution is -0.121. The van der Waals surface area contributed by atoms with E-state index >= 15 is 0 Å². The third kappa shape index (κ3) is 4.60. The van der Waals surface area contributed by atoms with Gasteiger partial charge in [-0.05, 0) is 47.2 Å². The summed E-state index contributed by atoms with van der Waals surface area (Å²) < 4.78 is 0. The van der Waals surface area contributed by atoms with Gasteiger partial charge in [0.15, 0.2) is 0 Å². The van der Waals surface area contributed by atoms with Crippen LogP contribution in [0.5, 0.6) is 0 Å². The molecule has 0 saturated heterocycles. The summed E-state index contributed by atoms with van der Waals surface area (Å²) in [6, 6.07) is 13.2. The number of pyridine rings is 1. The van der Waals surface area contributed by atoms with Gasteiger partial charge in [0.25, 0.3) is 0 Å². The fourth-order valence-corrected chi connectivity index (χ4v) is 3.85. The number of carbonyl (C=O) groups excluding carboxylic acids is 1. The number of benzene rings is 1. The summed E-state index contributed by atoms with van der Waals surface area (Å²) in [4.78, 5) is 17.7. The fourth-order valence-electron chi connectivity index (χ4n) is 2.51. The molecular weight excluding hydrogens is 375 g/mol. The molecule has 0 aliphatic rings. The molecule has 0 saturated carbocycles. The van der Waals surface area contributed by atoms with E-state index in [4.69, 9.17) is 23.2 Å². The van der Waals surface area contributed by atoms with Crippen molar-refractivity contribution in [3.8, 4) is 10.6 Å². The molecule has 2 aromatic heterocycles. The summed E-state index contributed by atoms with van der Waals surface area (Å²) >= 11 is 13.9. The van der Waals surface area contributed by atoms with Gasteiger partial charge in [0.05, 0.1) is 10.6 Å². The number of amides is 1. The quantitative estimate of drug-likeness (QED) is 0.614. The van der Waals surface area contributed by atoms with Gasteiger partial charge < -0.3 is 5.32 Å². The lowest BCUT2D eigenvalue weighted by Crippen LogP contribution is -2.23. The van der Waals surface area contributed by atoms with Crippen LogP contribution in [0, 0.1) is 0 Å². The first-order valence-corrected chi connectivity index (χ1v) is 9.46. The Morgan fingerprint density at radius 2 is 1.88 bits per heavy atom. The van der Waals surface area contributed by atoms with Crippen LogP contribution in [0.15, 0.2) is 54.0 Å². The lowest BCUT2D eigenvalue weighted by Gasteiger charge is -2.10. The summed E-state index contributed by atoms with van der Waals surface area (Å²) in [5, 5.41) is 6.14. The van der Waals surface area contributed by atoms with Crippen LogP contribution in [0.1, 0.15) is 17.5 Å². The van der Waals surface area contributed by atoms with E-state index in [0.717, 1.165) is 21.7 Å². The average Bonchev–Trinajstić information content (AvgIpc) is 3.14. The van der Waals surface area contributed by atoms with E-state index in [1.54, 1.807) is 35.7 Å². The highest BCUT2D eigenvalue weighted by molar-refractivity contribution is 7.13. The largest absolute Gasteiger partial charge is 0.352 e. The highest BCUT2D eigenvalue weighted by atomic mass is 35.5. The number of aromatic nitrogens is 1. The maximum Gasteiger partial charge on any atom is 0.220 e. The standard InChI is InChI=1S/C19H16Cl2N2OS/c20-15-5-1-6-16(21)14(15)8-9-18(24)23-12-13-4-2-10-22-19(13)17-7-3-11-25-17/h1-7,10-11H,8-9,12H2,(H,23,24). The summed E-state index contributed by atoms with van der Waals surface area (Å²) in [5.41, 5.74) is 2.71. The second kappa shape index (κ2) is 8.48. The van der Waals surface area contributed by atoms with Crippen molar-refractivity contribution in [2.45, 2.75) is 19.4 Å². The van der Waals surface area contributed by atoms with Crippen molar-refractivity contribution in [1.82, 2.24) is 10.3 Å². The normalized spacial score (nSPS) is 10.6. The van der Waals surface area contributed by atoms with Crippen molar-refractivity contribution in [1.29, 1.82) is 0 Å². The van der Waals surface area contributed by atoms with Crippen LogP contribution in [-0.2, 0) is 17.8 Å². The van der Waals surface area contributed by atoms with Crippen LogP contribution in [0.3, 0.4) is 0 Å². The third-order valence-corrected chi connectivity index (χ3v) is 5.37. The molecule has 0 unspecified atom stereocenters. The Hall–Kier alpha value is -1.88. The SMILES string of the molecule is O=C(CCc1c(Cl)cccc1Cl)NCc1cccnc1-c1cccs1. The number of hydrogen-bond acceptors (Lipinski definition) is 3. The molecule has 0 bridgehead atoms. The van der Waals surface area contributed by atoms with Gasteiger partial charge in [-0.3, -0.25) is 9.78 Å². The van der Waals surface area contributed by atoms with Crippen LogP contribution < -0.4 is 5.32 Å². The monoisotopic (exact) mass is 390 g/mol. The van der Waals surface area contributed by atoms with E-state index in [1.165, 1.54) is 0 Å². The highest BCUT2D eigenvalue weighted by Crippen LogP contribution is 2.26. The first-order valence-electron chi connectivity index (χ1n) is 7.82. The van der Waals surface area contributed by atoms with Gasteiger partial charge in [-0.15, -0.1) is 11.3 Å². The van der Waals surface area contributed by atoms with Gasteiger partial charge in [0.1, 0.15) is 0 Å². The van der Waals surface area contributed by atoms with Gasteiger partial charge in [0, 0.05) is 29.2 Å². The van der Waals surface area contributed by atoms with Gasteiger partial charge >= 0.3 is 0 Å². The molecule has 0 aliphatic heterocycles. The minimum atomic E-state index is -0.0445. The van der Waals surface area contributed by atoms with Gasteiger partial charge in [-0.1, -0.05) is 41.4 Å². The molecule has 128 valence electrons. The Balaban J connectivity index is 1.60. The number of nitrogens with one attached hydrogen (secondary N) is 1. The first-order chi connectivity index (χ1) is 12.1. The Morgan fingerprint density at radius 3 is 2.60 bits per heavy atom. The van der Waals surface area contributed by atoms with Crippen LogP contribution in [0.2, 0.25) is 10.0 Å². The maximum absolute atomic E-state index is 12.2. The molecule has 0 aliphatic carbocycles. The molecule has 0 spiro atoms. The van der Waals surface area contributed by atoms with Gasteiger partial charge in [-0.25, -0.2) is 0 Å². The van der Waals surface area contributed by atoms with Crippen molar-refractivity contribution in [2.24, 2.45) is 0 Å². The second-order valence-corrected chi connectivity index (χ2v) is 7.23. The molecule has 0 fully saturated rings. The molecule has 6 heteroatoms. The minimum Gasteiger partial charge on any atom is -0.352 e. The van der Waals surface area contributed by atoms with Crippen LogP contribution in [0.25, 0.3) is 10.6 Å². The Morgan fingerprint density at radius 1 is 1.08 bits per heavy atom. The molecule has 1 N–H and O–H groups in total. The van der Waals surface area contributed by atoms with Crippen LogP contribution in [0.4, 0.5) is 0 Å². The zero-order chi connectivity index (χ0) is 17.6. The fraction of sp³-hybridized carbons (Fsp3) is 0.158. The molecule has 0 atom stereocenters. The summed E-state index contributed by atoms with van der Waals surface area (Å²) in [6.07, 6.45) is 2.60. The first kappa shape index (κ1) is 17.9. The average molecular weight is 391 g/mol. The van der Waals surface area contributed by atoms with E-state index in [1.807, 2.05) is 29.6 Å². The minimum absolute atomic E-state index is 0.0445. The van der Waals surface area contributed by atoms with E-state index in [2.05, 4.69) is 10.3 Å². The van der Waals surface area contributed by atoms with Crippen molar-refractivity contribution in [3.05, 3.63) is 75.2 Å². The number of rotatable bonds is 6. The molecule has 0 radical (unpaired) electrons. The van der Waals surface area contributed by atoms with Crippen LogP contribution >= 0.6 is 34.5 Å². The molecule has 3 rings (SSSR count). The number of halogens is 2. The topological polar surface area (TPSA) is 42.0 Å². The predicted octanol–water partition coefficient (Wildman–Crippen LogP) is 5.37. The lowest BCUT2D eigenvalue weighted by atomic mass is 10.1. The zero-order valence-corrected chi connectivity index (χ0v) is 15.7. The molecule has 1 aromatic carbocycles. The summed E-state index contributed by atoms with van der Waals surface area (Å²) in [7, 11) is 0. The molecule has 25 heavy (non-hydrogen) atoms. The van der Waals surface area contributed by atoms with E-state index in [0.29, 0.717) is 29.4 Å². The zero-order valence-electron chi connectivity index (χ0n) is 13.3. The number of nitrogens with zero attached hydrogens (tertiary/aromatic N) is 1. The second-order valence-electron chi connectivity index (χ2n) is 5.47. The number of thiophene rings is 1. The van der Waals surface area contributed by atoms with E-state index < -0.39 is 0 Å². The Labute approximate surface area is 160 Å². The third-order valence-electron chi connectivity index (χ3n) is 3.79. The molecule has 1 amide bonds. The maximum atomic E-state index is 12.2. The molecule has 3 nitrogen and oxygen atoms in total. The van der Waals surface area contributed by atoms with Crippen molar-refractivity contribution >= 4 is 40.4 Å². The summed E-state index contributed by atoms with van der Waals surface area (Å²) in [6.45, 7) is 0.441. The van der Waals surface area contributed by atoms with E-state index in [9.17, 15) is 4.79 Å². The highest BCUT2D eigenvalue weighted by Gasteiger charge is 2.11. The van der Waals surface area contributed by atoms with Crippen molar-refractivity contribution in [2.75, 3.05) is 0 Å². The van der Waals surface area contributed by atoms with Crippen molar-refractivity contribution < 1.29 is 4.79 Å². The van der Waals surface area contributed by atoms with E-state index in [-0.39, 0.29) is 5.91 Å². The molecule has 3 aromatic rings. The summed E-state index contributed by atoms with van der Waals surface area (Å²) in [5.74, 6) is -0.0445. The Kier molecular flexibility index (Phi) is 6.08. The number of hydrogen-bond donors (Lipinski definition) is 1. The Bertz CT molecular complexity index is 845. The van der Waals surface area contributed by atoms with Crippen molar-refractivity contribution in [3.63, 3.8) is 0 Å². The smallest absolute Gasteiger partial charge is 0.220 e.